The zero-order chi connectivity index (χ0) is 13.9. The average molecular weight is 264 g/mol. The standard InChI is InChI=1S/C12H22F2N2O2/c1-8(2)9(3)15-11(17)16-5-6-18-7-10(16)12(4,13)14/h8-10H,5-7H2,1-4H3,(H,15,17)/t9-,10-/m1/s1. The van der Waals surface area contributed by atoms with E-state index in [4.69, 9.17) is 4.74 Å². The van der Waals surface area contributed by atoms with Gasteiger partial charge < -0.3 is 15.0 Å². The number of hydrogen-bond acceptors (Lipinski definition) is 2. The number of halogens is 2. The number of nitrogens with one attached hydrogen (secondary N) is 1. The number of carbonyl (C=O) groups is 1. The summed E-state index contributed by atoms with van der Waals surface area (Å²) in [5.41, 5.74) is 0. The lowest BCUT2D eigenvalue weighted by molar-refractivity contribution is -0.110. The summed E-state index contributed by atoms with van der Waals surface area (Å²) in [6.45, 7) is 7.00. The van der Waals surface area contributed by atoms with Gasteiger partial charge in [0.2, 0.25) is 0 Å². The second kappa shape index (κ2) is 5.82. The maximum Gasteiger partial charge on any atom is 0.318 e. The molecule has 0 radical (unpaired) electrons. The molecule has 4 nitrogen and oxygen atoms in total. The molecule has 0 aromatic rings. The number of hydrogen-bond donors (Lipinski definition) is 1. The lowest BCUT2D eigenvalue weighted by Gasteiger charge is -2.39. The van der Waals surface area contributed by atoms with Gasteiger partial charge in [-0.25, -0.2) is 13.6 Å². The summed E-state index contributed by atoms with van der Waals surface area (Å²) < 4.78 is 31.9. The summed E-state index contributed by atoms with van der Waals surface area (Å²) in [6, 6.07) is -1.68. The SMILES string of the molecule is CC(C)[C@@H](C)NC(=O)N1CCOC[C@@H]1C(C)(F)F. The number of rotatable bonds is 3. The molecule has 0 saturated carbocycles. The largest absolute Gasteiger partial charge is 0.377 e. The number of urea groups is 1. The molecule has 18 heavy (non-hydrogen) atoms. The molecule has 0 aromatic heterocycles. The minimum atomic E-state index is -2.96. The molecule has 0 spiro atoms. The zero-order valence-corrected chi connectivity index (χ0v) is 11.4. The first kappa shape index (κ1) is 15.1. The predicted octanol–water partition coefficient (Wildman–Crippen LogP) is 2.10. The van der Waals surface area contributed by atoms with Crippen LogP contribution in [0.4, 0.5) is 13.6 Å². The molecule has 0 aliphatic carbocycles. The fraction of sp³-hybridized carbons (Fsp3) is 0.917. The Kier molecular flexibility index (Phi) is 4.90. The Balaban J connectivity index is 2.69. The van der Waals surface area contributed by atoms with Crippen molar-refractivity contribution in [2.45, 2.75) is 45.7 Å². The highest BCUT2D eigenvalue weighted by molar-refractivity contribution is 5.75. The fourth-order valence-electron chi connectivity index (χ4n) is 1.71. The van der Waals surface area contributed by atoms with E-state index in [1.807, 2.05) is 20.8 Å². The van der Waals surface area contributed by atoms with Crippen molar-refractivity contribution in [2.24, 2.45) is 5.92 Å². The monoisotopic (exact) mass is 264 g/mol. The summed E-state index contributed by atoms with van der Waals surface area (Å²) in [5, 5.41) is 2.75. The van der Waals surface area contributed by atoms with Gasteiger partial charge in [0, 0.05) is 19.5 Å². The lowest BCUT2D eigenvalue weighted by atomic mass is 10.1. The molecule has 1 heterocycles. The topological polar surface area (TPSA) is 41.6 Å². The summed E-state index contributed by atoms with van der Waals surface area (Å²) >= 11 is 0. The number of amides is 2. The van der Waals surface area contributed by atoms with E-state index < -0.39 is 18.0 Å². The Morgan fingerprint density at radius 1 is 1.44 bits per heavy atom. The number of carbonyl (C=O) groups excluding carboxylic acids is 1. The van der Waals surface area contributed by atoms with Gasteiger partial charge in [-0.1, -0.05) is 13.8 Å². The van der Waals surface area contributed by atoms with Crippen molar-refractivity contribution in [2.75, 3.05) is 19.8 Å². The first-order valence-electron chi connectivity index (χ1n) is 6.26. The number of morpholine rings is 1. The van der Waals surface area contributed by atoms with Gasteiger partial charge in [0.15, 0.2) is 0 Å². The van der Waals surface area contributed by atoms with Crippen molar-refractivity contribution in [3.8, 4) is 0 Å². The molecular formula is C12H22F2N2O2. The van der Waals surface area contributed by atoms with Crippen molar-refractivity contribution in [3.63, 3.8) is 0 Å². The Bertz CT molecular complexity index is 292. The van der Waals surface area contributed by atoms with Gasteiger partial charge in [0.05, 0.1) is 13.2 Å². The summed E-state index contributed by atoms with van der Waals surface area (Å²) in [7, 11) is 0. The molecule has 6 heteroatoms. The molecule has 106 valence electrons. The van der Waals surface area contributed by atoms with E-state index in [0.29, 0.717) is 6.61 Å². The molecule has 2 atom stereocenters. The predicted molar refractivity (Wildman–Crippen MR) is 64.8 cm³/mol. The quantitative estimate of drug-likeness (QED) is 0.848. The van der Waals surface area contributed by atoms with Crippen LogP contribution in [0, 0.1) is 5.92 Å². The normalized spacial score (nSPS) is 23.1. The van der Waals surface area contributed by atoms with Crippen LogP contribution in [0.25, 0.3) is 0 Å². The first-order valence-corrected chi connectivity index (χ1v) is 6.26. The molecule has 1 fully saturated rings. The van der Waals surface area contributed by atoms with Gasteiger partial charge >= 0.3 is 6.03 Å². The van der Waals surface area contributed by atoms with Crippen molar-refractivity contribution < 1.29 is 18.3 Å². The van der Waals surface area contributed by atoms with Gasteiger partial charge in [-0.15, -0.1) is 0 Å². The van der Waals surface area contributed by atoms with Crippen LogP contribution in [0.2, 0.25) is 0 Å². The average Bonchev–Trinajstić information content (AvgIpc) is 2.27. The third-order valence-corrected chi connectivity index (χ3v) is 3.33. The van der Waals surface area contributed by atoms with E-state index in [-0.39, 0.29) is 25.1 Å². The third-order valence-electron chi connectivity index (χ3n) is 3.33. The fourth-order valence-corrected chi connectivity index (χ4v) is 1.71. The molecule has 1 rings (SSSR count). The van der Waals surface area contributed by atoms with Crippen molar-refractivity contribution >= 4 is 6.03 Å². The summed E-state index contributed by atoms with van der Waals surface area (Å²) in [5.74, 6) is -2.70. The molecule has 0 aromatic carbocycles. The van der Waals surface area contributed by atoms with Crippen LogP contribution in [0.15, 0.2) is 0 Å². The Morgan fingerprint density at radius 3 is 2.56 bits per heavy atom. The van der Waals surface area contributed by atoms with E-state index in [1.165, 1.54) is 4.90 Å². The molecule has 2 amide bonds. The maximum atomic E-state index is 13.4. The molecular weight excluding hydrogens is 242 g/mol. The Labute approximate surface area is 107 Å². The summed E-state index contributed by atoms with van der Waals surface area (Å²) in [4.78, 5) is 13.2. The van der Waals surface area contributed by atoms with Crippen LogP contribution in [0.1, 0.15) is 27.7 Å². The highest BCUT2D eigenvalue weighted by Crippen LogP contribution is 2.25. The van der Waals surface area contributed by atoms with Crippen molar-refractivity contribution in [1.29, 1.82) is 0 Å². The zero-order valence-electron chi connectivity index (χ0n) is 11.4. The minimum absolute atomic E-state index is 0.0496. The van der Waals surface area contributed by atoms with Crippen molar-refractivity contribution in [3.05, 3.63) is 0 Å². The summed E-state index contributed by atoms with van der Waals surface area (Å²) in [6.07, 6.45) is 0. The van der Waals surface area contributed by atoms with Gasteiger partial charge in [0.1, 0.15) is 6.04 Å². The smallest absolute Gasteiger partial charge is 0.318 e. The third kappa shape index (κ3) is 3.80. The minimum Gasteiger partial charge on any atom is -0.377 e. The van der Waals surface area contributed by atoms with E-state index in [9.17, 15) is 13.6 Å². The van der Waals surface area contributed by atoms with Gasteiger partial charge in [-0.3, -0.25) is 0 Å². The molecule has 1 aliphatic rings. The molecule has 1 saturated heterocycles. The van der Waals surface area contributed by atoms with Crippen LogP contribution in [0.5, 0.6) is 0 Å². The second-order valence-electron chi connectivity index (χ2n) is 5.22. The molecule has 0 bridgehead atoms. The van der Waals surface area contributed by atoms with Crippen LogP contribution in [0.3, 0.4) is 0 Å². The van der Waals surface area contributed by atoms with Crippen LogP contribution in [-0.2, 0) is 4.74 Å². The highest BCUT2D eigenvalue weighted by Gasteiger charge is 2.43. The second-order valence-corrected chi connectivity index (χ2v) is 5.22. The maximum absolute atomic E-state index is 13.4. The highest BCUT2D eigenvalue weighted by atomic mass is 19.3. The number of alkyl halides is 2. The van der Waals surface area contributed by atoms with Gasteiger partial charge in [-0.05, 0) is 12.8 Å². The molecule has 0 unspecified atom stereocenters. The van der Waals surface area contributed by atoms with E-state index in [0.717, 1.165) is 6.92 Å². The number of ether oxygens (including phenoxy) is 1. The van der Waals surface area contributed by atoms with Crippen LogP contribution in [-0.4, -0.2) is 48.7 Å². The molecule has 1 aliphatic heterocycles. The van der Waals surface area contributed by atoms with E-state index in [1.54, 1.807) is 0 Å². The van der Waals surface area contributed by atoms with Crippen LogP contribution >= 0.6 is 0 Å². The Morgan fingerprint density at radius 2 is 2.06 bits per heavy atom. The van der Waals surface area contributed by atoms with Gasteiger partial charge in [0.25, 0.3) is 5.92 Å². The number of nitrogens with zero attached hydrogens (tertiary/aromatic N) is 1. The van der Waals surface area contributed by atoms with Gasteiger partial charge in [-0.2, -0.15) is 0 Å². The van der Waals surface area contributed by atoms with Crippen molar-refractivity contribution in [1.82, 2.24) is 10.2 Å². The van der Waals surface area contributed by atoms with E-state index in [2.05, 4.69) is 5.32 Å². The first-order chi connectivity index (χ1) is 8.23. The molecule has 1 N–H and O–H groups in total. The van der Waals surface area contributed by atoms with E-state index >= 15 is 0 Å². The Hall–Kier alpha value is -0.910. The van der Waals surface area contributed by atoms with Crippen LogP contribution < -0.4 is 5.32 Å². The lowest BCUT2D eigenvalue weighted by Crippen LogP contribution is -2.59.